The number of hydrogen-bond donors (Lipinski definition) is 0. The number of carbonyl (C=O) groups is 1. The topological polar surface area (TPSA) is 26.3 Å². The maximum absolute atomic E-state index is 12.4. The summed E-state index contributed by atoms with van der Waals surface area (Å²) >= 11 is 0.797. The van der Waals surface area contributed by atoms with Crippen molar-refractivity contribution in [1.29, 1.82) is 0 Å². The molecule has 0 N–H and O–H groups in total. The molecule has 1 aromatic heterocycles. The quantitative estimate of drug-likeness (QED) is 0.666. The summed E-state index contributed by atoms with van der Waals surface area (Å²) < 4.78 is 17.3. The second-order valence-electron chi connectivity index (χ2n) is 2.56. The Morgan fingerprint density at radius 1 is 1.58 bits per heavy atom. The molecular weight excluding hydrogens is 179 g/mol. The molecule has 0 aliphatic carbocycles. The van der Waals surface area contributed by atoms with Gasteiger partial charge in [0, 0.05) is 0 Å². The van der Waals surface area contributed by atoms with Crippen molar-refractivity contribution < 1.29 is 13.9 Å². The van der Waals surface area contributed by atoms with Gasteiger partial charge in [-0.25, -0.2) is 4.79 Å². The zero-order valence-electron chi connectivity index (χ0n) is 6.83. The van der Waals surface area contributed by atoms with Crippen molar-refractivity contribution in [3.8, 4) is 0 Å². The van der Waals surface area contributed by atoms with E-state index in [0.29, 0.717) is 4.88 Å². The van der Waals surface area contributed by atoms with Crippen LogP contribution in [0.25, 0.3) is 0 Å². The normalized spacial score (nSPS) is 10.3. The molecule has 0 saturated heterocycles. The fourth-order valence-electron chi connectivity index (χ4n) is 0.696. The van der Waals surface area contributed by atoms with Gasteiger partial charge in [0.05, 0.1) is 6.10 Å². The Bertz CT molecular complexity index is 280. The molecule has 0 fully saturated rings. The number of hydrogen-bond acceptors (Lipinski definition) is 3. The van der Waals surface area contributed by atoms with Crippen LogP contribution in [-0.2, 0) is 4.74 Å². The molecule has 0 atom stereocenters. The summed E-state index contributed by atoms with van der Waals surface area (Å²) in [6, 6.07) is 2.67. The molecule has 0 unspecified atom stereocenters. The van der Waals surface area contributed by atoms with Crippen LogP contribution in [0, 0.1) is 5.13 Å². The first-order chi connectivity index (χ1) is 5.59. The van der Waals surface area contributed by atoms with Crippen LogP contribution >= 0.6 is 11.3 Å². The third-order valence-corrected chi connectivity index (χ3v) is 1.97. The standard InChI is InChI=1S/C8H9FO2S/c1-5(2)11-8(10)6-3-4-7(9)12-6/h3-5H,1-2H3. The predicted octanol–water partition coefficient (Wildman–Crippen LogP) is 2.45. The van der Waals surface area contributed by atoms with Crippen LogP contribution in [0.3, 0.4) is 0 Å². The van der Waals surface area contributed by atoms with E-state index in [-0.39, 0.29) is 11.2 Å². The second kappa shape index (κ2) is 3.67. The van der Waals surface area contributed by atoms with Crippen molar-refractivity contribution in [2.24, 2.45) is 0 Å². The van der Waals surface area contributed by atoms with E-state index >= 15 is 0 Å². The third kappa shape index (κ3) is 2.30. The fraction of sp³-hybridized carbons (Fsp3) is 0.375. The lowest BCUT2D eigenvalue weighted by Crippen LogP contribution is -2.09. The monoisotopic (exact) mass is 188 g/mol. The summed E-state index contributed by atoms with van der Waals surface area (Å²) in [5.74, 6) is -0.459. The molecule has 0 spiro atoms. The van der Waals surface area contributed by atoms with Crippen molar-refractivity contribution in [2.75, 3.05) is 0 Å². The summed E-state index contributed by atoms with van der Waals surface area (Å²) in [6.07, 6.45) is -0.164. The van der Waals surface area contributed by atoms with E-state index < -0.39 is 5.97 Å². The Morgan fingerprint density at radius 3 is 2.67 bits per heavy atom. The summed E-state index contributed by atoms with van der Waals surface area (Å²) in [7, 11) is 0. The molecule has 12 heavy (non-hydrogen) atoms. The van der Waals surface area contributed by atoms with Crippen molar-refractivity contribution in [2.45, 2.75) is 20.0 Å². The number of halogens is 1. The summed E-state index contributed by atoms with van der Waals surface area (Å²) in [5.41, 5.74) is 0. The SMILES string of the molecule is CC(C)OC(=O)c1ccc(F)s1. The molecule has 0 aliphatic rings. The Kier molecular flexibility index (Phi) is 2.81. The zero-order chi connectivity index (χ0) is 9.14. The van der Waals surface area contributed by atoms with Gasteiger partial charge in [-0.1, -0.05) is 11.3 Å². The van der Waals surface area contributed by atoms with Crippen LogP contribution in [0.1, 0.15) is 23.5 Å². The smallest absolute Gasteiger partial charge is 0.348 e. The molecule has 4 heteroatoms. The first-order valence-electron chi connectivity index (χ1n) is 3.56. The Labute approximate surface area is 74.0 Å². The van der Waals surface area contributed by atoms with Crippen LogP contribution in [0.15, 0.2) is 12.1 Å². The van der Waals surface area contributed by atoms with Gasteiger partial charge in [-0.15, -0.1) is 0 Å². The highest BCUT2D eigenvalue weighted by Crippen LogP contribution is 2.15. The lowest BCUT2D eigenvalue weighted by molar-refractivity contribution is 0.0384. The molecule has 0 aromatic carbocycles. The minimum Gasteiger partial charge on any atom is -0.459 e. The Hall–Kier alpha value is -0.900. The maximum Gasteiger partial charge on any atom is 0.348 e. The van der Waals surface area contributed by atoms with E-state index in [2.05, 4.69) is 0 Å². The maximum atomic E-state index is 12.4. The van der Waals surface area contributed by atoms with Crippen molar-refractivity contribution in [3.63, 3.8) is 0 Å². The number of carbonyl (C=O) groups excluding carboxylic acids is 1. The molecule has 0 bridgehead atoms. The number of thiophene rings is 1. The van der Waals surface area contributed by atoms with E-state index in [9.17, 15) is 9.18 Å². The van der Waals surface area contributed by atoms with Gasteiger partial charge in [0.1, 0.15) is 4.88 Å². The van der Waals surface area contributed by atoms with Crippen LogP contribution < -0.4 is 0 Å². The van der Waals surface area contributed by atoms with Gasteiger partial charge in [0.25, 0.3) is 0 Å². The number of esters is 1. The highest BCUT2D eigenvalue weighted by molar-refractivity contribution is 7.12. The summed E-state index contributed by atoms with van der Waals surface area (Å²) in [4.78, 5) is 11.4. The highest BCUT2D eigenvalue weighted by Gasteiger charge is 2.11. The zero-order valence-corrected chi connectivity index (χ0v) is 7.65. The van der Waals surface area contributed by atoms with Crippen LogP contribution in [0.4, 0.5) is 4.39 Å². The van der Waals surface area contributed by atoms with Crippen molar-refractivity contribution in [1.82, 2.24) is 0 Å². The second-order valence-corrected chi connectivity index (χ2v) is 3.59. The van der Waals surface area contributed by atoms with Gasteiger partial charge >= 0.3 is 5.97 Å². The average molecular weight is 188 g/mol. The molecular formula is C8H9FO2S. The molecule has 66 valence electrons. The minimum absolute atomic E-state index is 0.164. The predicted molar refractivity (Wildman–Crippen MR) is 44.8 cm³/mol. The van der Waals surface area contributed by atoms with Crippen LogP contribution in [-0.4, -0.2) is 12.1 Å². The molecule has 0 aliphatic heterocycles. The van der Waals surface area contributed by atoms with E-state index in [0.717, 1.165) is 11.3 Å². The average Bonchev–Trinajstić information content (AvgIpc) is 2.34. The molecule has 0 amide bonds. The molecule has 1 rings (SSSR count). The van der Waals surface area contributed by atoms with Crippen molar-refractivity contribution >= 4 is 17.3 Å². The highest BCUT2D eigenvalue weighted by atomic mass is 32.1. The Balaban J connectivity index is 2.65. The van der Waals surface area contributed by atoms with Gasteiger partial charge in [-0.05, 0) is 26.0 Å². The van der Waals surface area contributed by atoms with Gasteiger partial charge in [0.2, 0.25) is 0 Å². The molecule has 2 nitrogen and oxygen atoms in total. The summed E-state index contributed by atoms with van der Waals surface area (Å²) in [5, 5.41) is -0.370. The Morgan fingerprint density at radius 2 is 2.25 bits per heavy atom. The molecule has 1 heterocycles. The van der Waals surface area contributed by atoms with Crippen LogP contribution in [0.5, 0.6) is 0 Å². The summed E-state index contributed by atoms with van der Waals surface area (Å²) in [6.45, 7) is 3.50. The van der Waals surface area contributed by atoms with E-state index in [1.54, 1.807) is 13.8 Å². The van der Waals surface area contributed by atoms with Crippen LogP contribution in [0.2, 0.25) is 0 Å². The molecule has 1 aromatic rings. The fourth-order valence-corrected chi connectivity index (χ4v) is 1.31. The largest absolute Gasteiger partial charge is 0.459 e. The first-order valence-corrected chi connectivity index (χ1v) is 4.37. The van der Waals surface area contributed by atoms with E-state index in [1.807, 2.05) is 0 Å². The lowest BCUT2D eigenvalue weighted by Gasteiger charge is -2.04. The van der Waals surface area contributed by atoms with Gasteiger partial charge < -0.3 is 4.74 Å². The van der Waals surface area contributed by atoms with Crippen molar-refractivity contribution in [3.05, 3.63) is 22.1 Å². The first kappa shape index (κ1) is 9.19. The molecule has 0 radical (unpaired) electrons. The van der Waals surface area contributed by atoms with E-state index in [4.69, 9.17) is 4.74 Å². The van der Waals surface area contributed by atoms with Gasteiger partial charge in [-0.3, -0.25) is 0 Å². The third-order valence-electron chi connectivity index (χ3n) is 1.12. The van der Waals surface area contributed by atoms with E-state index in [1.165, 1.54) is 12.1 Å². The number of rotatable bonds is 2. The lowest BCUT2D eigenvalue weighted by atomic mass is 10.4. The van der Waals surface area contributed by atoms with Gasteiger partial charge in [0.15, 0.2) is 5.13 Å². The minimum atomic E-state index is -0.459. The molecule has 0 saturated carbocycles. The van der Waals surface area contributed by atoms with Gasteiger partial charge in [-0.2, -0.15) is 4.39 Å². The number of ether oxygens (including phenoxy) is 1.